The molecule has 0 spiro atoms. The van der Waals surface area contributed by atoms with E-state index < -0.39 is 0 Å². The van der Waals surface area contributed by atoms with E-state index in [0.717, 1.165) is 18.9 Å². The van der Waals surface area contributed by atoms with Gasteiger partial charge in [-0.2, -0.15) is 0 Å². The van der Waals surface area contributed by atoms with Gasteiger partial charge in [0.25, 0.3) is 0 Å². The summed E-state index contributed by atoms with van der Waals surface area (Å²) in [5.41, 5.74) is 0. The van der Waals surface area contributed by atoms with E-state index in [1.165, 1.54) is 58.3 Å². The smallest absolute Gasteiger partial charge is 0.0710 e. The summed E-state index contributed by atoms with van der Waals surface area (Å²) in [5, 5.41) is 10.5. The molecule has 1 N–H and O–H groups in total. The standard InChI is InChI=1S/C14H26N2O/c17-14(10-12-4-2-1-3-5-12)13-11-15-6-8-16(13)9-7-15/h12-14,17H,1-11H2. The number of aliphatic hydroxyl groups excluding tert-OH is 1. The van der Waals surface area contributed by atoms with Crippen molar-refractivity contribution in [3.63, 3.8) is 0 Å². The van der Waals surface area contributed by atoms with Gasteiger partial charge in [0.15, 0.2) is 0 Å². The number of piperazine rings is 3. The molecule has 3 saturated heterocycles. The molecule has 2 unspecified atom stereocenters. The Hall–Kier alpha value is -0.120. The maximum absolute atomic E-state index is 10.5. The molecule has 0 aromatic carbocycles. The summed E-state index contributed by atoms with van der Waals surface area (Å²) in [4.78, 5) is 5.04. The average molecular weight is 238 g/mol. The molecule has 4 fully saturated rings. The van der Waals surface area contributed by atoms with Crippen molar-refractivity contribution in [2.24, 2.45) is 5.92 Å². The Morgan fingerprint density at radius 2 is 1.71 bits per heavy atom. The Balaban J connectivity index is 1.53. The molecule has 1 saturated carbocycles. The number of hydrogen-bond acceptors (Lipinski definition) is 3. The second kappa shape index (κ2) is 5.25. The molecule has 4 aliphatic rings. The largest absolute Gasteiger partial charge is 0.391 e. The van der Waals surface area contributed by atoms with Crippen molar-refractivity contribution >= 4 is 0 Å². The first-order chi connectivity index (χ1) is 8.33. The highest BCUT2D eigenvalue weighted by Crippen LogP contribution is 2.30. The molecular formula is C14H26N2O. The highest BCUT2D eigenvalue weighted by molar-refractivity contribution is 4.92. The quantitative estimate of drug-likeness (QED) is 0.803. The molecule has 0 radical (unpaired) electrons. The Labute approximate surface area is 105 Å². The number of aliphatic hydroxyl groups is 1. The van der Waals surface area contributed by atoms with Crippen LogP contribution in [0.2, 0.25) is 0 Å². The van der Waals surface area contributed by atoms with Crippen molar-refractivity contribution in [2.75, 3.05) is 32.7 Å². The zero-order chi connectivity index (χ0) is 11.7. The van der Waals surface area contributed by atoms with Crippen LogP contribution < -0.4 is 0 Å². The molecule has 0 amide bonds. The van der Waals surface area contributed by atoms with E-state index in [1.54, 1.807) is 0 Å². The molecule has 0 aromatic heterocycles. The van der Waals surface area contributed by atoms with E-state index in [4.69, 9.17) is 0 Å². The third kappa shape index (κ3) is 2.67. The van der Waals surface area contributed by atoms with Crippen LogP contribution in [0.1, 0.15) is 38.5 Å². The topological polar surface area (TPSA) is 26.7 Å². The molecule has 98 valence electrons. The third-order valence-electron chi connectivity index (χ3n) is 5.06. The van der Waals surface area contributed by atoms with Crippen molar-refractivity contribution in [3.8, 4) is 0 Å². The zero-order valence-electron chi connectivity index (χ0n) is 10.9. The minimum Gasteiger partial charge on any atom is -0.391 e. The van der Waals surface area contributed by atoms with E-state index in [1.807, 2.05) is 0 Å². The summed E-state index contributed by atoms with van der Waals surface area (Å²) in [5.74, 6) is 0.801. The fourth-order valence-electron chi connectivity index (χ4n) is 3.94. The maximum Gasteiger partial charge on any atom is 0.0710 e. The first-order valence-corrected chi connectivity index (χ1v) is 7.47. The zero-order valence-corrected chi connectivity index (χ0v) is 10.9. The Kier molecular flexibility index (Phi) is 3.69. The van der Waals surface area contributed by atoms with Crippen LogP contribution in [-0.2, 0) is 0 Å². The lowest BCUT2D eigenvalue weighted by Crippen LogP contribution is -2.64. The predicted molar refractivity (Wildman–Crippen MR) is 69.0 cm³/mol. The molecule has 3 heteroatoms. The van der Waals surface area contributed by atoms with Gasteiger partial charge in [-0.1, -0.05) is 32.1 Å². The minimum atomic E-state index is -0.0822. The fourth-order valence-corrected chi connectivity index (χ4v) is 3.94. The van der Waals surface area contributed by atoms with E-state index in [0.29, 0.717) is 6.04 Å². The van der Waals surface area contributed by atoms with E-state index in [-0.39, 0.29) is 6.10 Å². The van der Waals surface area contributed by atoms with Gasteiger partial charge in [-0.25, -0.2) is 0 Å². The van der Waals surface area contributed by atoms with Crippen LogP contribution in [0.15, 0.2) is 0 Å². The second-order valence-corrected chi connectivity index (χ2v) is 6.21. The van der Waals surface area contributed by atoms with Crippen LogP contribution in [0, 0.1) is 5.92 Å². The molecule has 4 rings (SSSR count). The van der Waals surface area contributed by atoms with Crippen molar-refractivity contribution in [3.05, 3.63) is 0 Å². The first-order valence-electron chi connectivity index (χ1n) is 7.47. The van der Waals surface area contributed by atoms with Gasteiger partial charge in [0.2, 0.25) is 0 Å². The summed E-state index contributed by atoms with van der Waals surface area (Å²) in [6.07, 6.45) is 7.86. The number of fused-ring (bicyclic) bond motifs is 3. The monoisotopic (exact) mass is 238 g/mol. The van der Waals surface area contributed by atoms with E-state index in [2.05, 4.69) is 9.80 Å². The molecule has 3 nitrogen and oxygen atoms in total. The van der Waals surface area contributed by atoms with Crippen LogP contribution in [0.3, 0.4) is 0 Å². The van der Waals surface area contributed by atoms with Crippen molar-refractivity contribution in [2.45, 2.75) is 50.7 Å². The molecule has 3 aliphatic heterocycles. The molecule has 2 atom stereocenters. The Morgan fingerprint density at radius 1 is 1.00 bits per heavy atom. The van der Waals surface area contributed by atoms with E-state index in [9.17, 15) is 5.11 Å². The van der Waals surface area contributed by atoms with Crippen LogP contribution in [0.5, 0.6) is 0 Å². The van der Waals surface area contributed by atoms with Gasteiger partial charge in [-0.15, -0.1) is 0 Å². The third-order valence-corrected chi connectivity index (χ3v) is 5.06. The van der Waals surface area contributed by atoms with Gasteiger partial charge in [0.1, 0.15) is 0 Å². The lowest BCUT2D eigenvalue weighted by Gasteiger charge is -2.49. The molecule has 1 aliphatic carbocycles. The lowest BCUT2D eigenvalue weighted by atomic mass is 9.83. The van der Waals surface area contributed by atoms with Crippen molar-refractivity contribution in [1.82, 2.24) is 9.80 Å². The average Bonchev–Trinajstić information content (AvgIpc) is 2.41. The van der Waals surface area contributed by atoms with Gasteiger partial charge >= 0.3 is 0 Å². The SMILES string of the molecule is OC(CC1CCCCC1)C1CN2CCN1CC2. The molecule has 3 heterocycles. The number of nitrogens with zero attached hydrogens (tertiary/aromatic N) is 2. The van der Waals surface area contributed by atoms with Crippen molar-refractivity contribution in [1.29, 1.82) is 0 Å². The second-order valence-electron chi connectivity index (χ2n) is 6.21. The Bertz CT molecular complexity index is 245. The highest BCUT2D eigenvalue weighted by Gasteiger charge is 2.36. The number of hydrogen-bond donors (Lipinski definition) is 1. The summed E-state index contributed by atoms with van der Waals surface area (Å²) in [7, 11) is 0. The van der Waals surface area contributed by atoms with Gasteiger partial charge in [0.05, 0.1) is 6.10 Å². The van der Waals surface area contributed by atoms with Gasteiger partial charge in [0, 0.05) is 38.8 Å². The van der Waals surface area contributed by atoms with Gasteiger partial charge in [-0.05, 0) is 12.3 Å². The summed E-state index contributed by atoms with van der Waals surface area (Å²) >= 11 is 0. The first kappa shape index (κ1) is 11.9. The Morgan fingerprint density at radius 3 is 2.29 bits per heavy atom. The maximum atomic E-state index is 10.5. The van der Waals surface area contributed by atoms with Crippen LogP contribution in [0.25, 0.3) is 0 Å². The highest BCUT2D eigenvalue weighted by atomic mass is 16.3. The molecule has 17 heavy (non-hydrogen) atoms. The van der Waals surface area contributed by atoms with Crippen LogP contribution in [-0.4, -0.2) is 59.8 Å². The molecule has 2 bridgehead atoms. The fraction of sp³-hybridized carbons (Fsp3) is 1.00. The molecule has 0 aromatic rings. The summed E-state index contributed by atoms with van der Waals surface area (Å²) < 4.78 is 0. The van der Waals surface area contributed by atoms with Gasteiger partial charge < -0.3 is 5.11 Å². The van der Waals surface area contributed by atoms with Crippen molar-refractivity contribution < 1.29 is 5.11 Å². The lowest BCUT2D eigenvalue weighted by molar-refractivity contribution is -0.0537. The van der Waals surface area contributed by atoms with Crippen LogP contribution >= 0.6 is 0 Å². The predicted octanol–water partition coefficient (Wildman–Crippen LogP) is 1.32. The van der Waals surface area contributed by atoms with Crippen LogP contribution in [0.4, 0.5) is 0 Å². The summed E-state index contributed by atoms with van der Waals surface area (Å²) in [6.45, 7) is 5.88. The van der Waals surface area contributed by atoms with Gasteiger partial charge in [-0.3, -0.25) is 9.80 Å². The number of rotatable bonds is 3. The summed E-state index contributed by atoms with van der Waals surface area (Å²) in [6, 6.07) is 0.430. The molecular weight excluding hydrogens is 212 g/mol. The van der Waals surface area contributed by atoms with E-state index >= 15 is 0 Å². The minimum absolute atomic E-state index is 0.0822. The normalized spacial score (nSPS) is 40.4.